The predicted molar refractivity (Wildman–Crippen MR) is 98.5 cm³/mol. The molecule has 2 aromatic carbocycles. The molecule has 0 N–H and O–H groups in total. The van der Waals surface area contributed by atoms with Crippen molar-refractivity contribution < 1.29 is 14.5 Å². The fraction of sp³-hybridized carbons (Fsp3) is 0.350. The standard InChI is InChI=1S/C20H22N2O4/c1-13-7-8-14(2)18(9-13)20(23)21-11-15(3)19(12-21)26-17-6-4-5-16(10-17)22(24)25/h4-10,15,19H,11-12H2,1-3H3/t15-,19-/m1/s1. The molecular weight excluding hydrogens is 332 g/mol. The van der Waals surface area contributed by atoms with Crippen LogP contribution in [0.3, 0.4) is 0 Å². The number of carbonyl (C=O) groups excluding carboxylic acids is 1. The molecule has 0 aliphatic carbocycles. The molecule has 2 aromatic rings. The third kappa shape index (κ3) is 3.69. The van der Waals surface area contributed by atoms with Crippen LogP contribution in [0.5, 0.6) is 5.75 Å². The molecule has 1 heterocycles. The van der Waals surface area contributed by atoms with E-state index in [9.17, 15) is 14.9 Å². The summed E-state index contributed by atoms with van der Waals surface area (Å²) in [5.74, 6) is 0.601. The van der Waals surface area contributed by atoms with Gasteiger partial charge in [0.15, 0.2) is 0 Å². The minimum atomic E-state index is -0.443. The molecule has 0 saturated carbocycles. The summed E-state index contributed by atoms with van der Waals surface area (Å²) in [7, 11) is 0. The summed E-state index contributed by atoms with van der Waals surface area (Å²) in [6.45, 7) is 7.00. The van der Waals surface area contributed by atoms with Crippen molar-refractivity contribution in [3.05, 3.63) is 69.3 Å². The van der Waals surface area contributed by atoms with E-state index in [2.05, 4.69) is 0 Å². The van der Waals surface area contributed by atoms with E-state index in [1.165, 1.54) is 12.1 Å². The molecule has 0 spiro atoms. The molecule has 1 fully saturated rings. The molecule has 1 aliphatic heterocycles. The van der Waals surface area contributed by atoms with E-state index in [1.54, 1.807) is 17.0 Å². The van der Waals surface area contributed by atoms with Crippen LogP contribution < -0.4 is 4.74 Å². The molecule has 0 radical (unpaired) electrons. The lowest BCUT2D eigenvalue weighted by Gasteiger charge is -2.19. The summed E-state index contributed by atoms with van der Waals surface area (Å²) in [6.07, 6.45) is -0.189. The summed E-state index contributed by atoms with van der Waals surface area (Å²) < 4.78 is 5.95. The Kier molecular flexibility index (Phi) is 4.93. The van der Waals surface area contributed by atoms with E-state index in [0.29, 0.717) is 24.4 Å². The van der Waals surface area contributed by atoms with Gasteiger partial charge in [0.2, 0.25) is 0 Å². The summed E-state index contributed by atoms with van der Waals surface area (Å²) >= 11 is 0. The monoisotopic (exact) mass is 354 g/mol. The molecule has 6 nitrogen and oxygen atoms in total. The number of nitrogens with zero attached hydrogens (tertiary/aromatic N) is 2. The highest BCUT2D eigenvalue weighted by atomic mass is 16.6. The highest BCUT2D eigenvalue weighted by molar-refractivity contribution is 5.96. The van der Waals surface area contributed by atoms with Crippen LogP contribution >= 0.6 is 0 Å². The van der Waals surface area contributed by atoms with Gasteiger partial charge in [-0.3, -0.25) is 14.9 Å². The SMILES string of the molecule is Cc1ccc(C)c(C(=O)N2C[C@@H](C)[C@H](Oc3cccc([N+](=O)[O-])c3)C2)c1. The van der Waals surface area contributed by atoms with Crippen molar-refractivity contribution in [3.8, 4) is 5.75 Å². The fourth-order valence-electron chi connectivity index (χ4n) is 3.24. The van der Waals surface area contributed by atoms with Crippen molar-refractivity contribution in [1.82, 2.24) is 4.90 Å². The Morgan fingerprint density at radius 3 is 2.69 bits per heavy atom. The number of hydrogen-bond donors (Lipinski definition) is 0. The number of aryl methyl sites for hydroxylation is 2. The normalized spacial score (nSPS) is 19.4. The number of benzene rings is 2. The van der Waals surface area contributed by atoms with E-state index in [-0.39, 0.29) is 23.6 Å². The first-order valence-electron chi connectivity index (χ1n) is 8.63. The van der Waals surface area contributed by atoms with Crippen LogP contribution in [0.25, 0.3) is 0 Å². The van der Waals surface area contributed by atoms with Crippen LogP contribution in [0, 0.1) is 29.9 Å². The number of nitro benzene ring substituents is 1. The van der Waals surface area contributed by atoms with Crippen LogP contribution in [-0.4, -0.2) is 34.9 Å². The largest absolute Gasteiger partial charge is 0.488 e. The van der Waals surface area contributed by atoms with Crippen LogP contribution in [0.15, 0.2) is 42.5 Å². The van der Waals surface area contributed by atoms with Gasteiger partial charge >= 0.3 is 0 Å². The lowest BCUT2D eigenvalue weighted by molar-refractivity contribution is -0.385. The molecule has 26 heavy (non-hydrogen) atoms. The summed E-state index contributed by atoms with van der Waals surface area (Å²) in [4.78, 5) is 25.2. The Hall–Kier alpha value is -2.89. The Morgan fingerprint density at radius 2 is 1.96 bits per heavy atom. The second kappa shape index (κ2) is 7.15. The topological polar surface area (TPSA) is 72.7 Å². The van der Waals surface area contributed by atoms with E-state index in [1.807, 2.05) is 39.0 Å². The highest BCUT2D eigenvalue weighted by Gasteiger charge is 2.35. The summed E-state index contributed by atoms with van der Waals surface area (Å²) in [5.41, 5.74) is 2.72. The van der Waals surface area contributed by atoms with Gasteiger partial charge in [0.05, 0.1) is 17.5 Å². The minimum absolute atomic E-state index is 0.00296. The van der Waals surface area contributed by atoms with Crippen molar-refractivity contribution in [2.24, 2.45) is 5.92 Å². The quantitative estimate of drug-likeness (QED) is 0.619. The van der Waals surface area contributed by atoms with E-state index < -0.39 is 4.92 Å². The van der Waals surface area contributed by atoms with Gasteiger partial charge < -0.3 is 9.64 Å². The van der Waals surface area contributed by atoms with Crippen LogP contribution in [0.1, 0.15) is 28.4 Å². The van der Waals surface area contributed by atoms with Crippen molar-refractivity contribution in [2.75, 3.05) is 13.1 Å². The Labute approximate surface area is 152 Å². The third-order valence-corrected chi connectivity index (χ3v) is 4.77. The maximum atomic E-state index is 12.9. The number of amides is 1. The zero-order valence-corrected chi connectivity index (χ0v) is 15.1. The predicted octanol–water partition coefficient (Wildman–Crippen LogP) is 3.75. The van der Waals surface area contributed by atoms with Gasteiger partial charge in [-0.2, -0.15) is 0 Å². The first kappa shape index (κ1) is 17.9. The molecule has 6 heteroatoms. The van der Waals surface area contributed by atoms with Crippen molar-refractivity contribution >= 4 is 11.6 Å². The molecule has 0 bridgehead atoms. The summed E-state index contributed by atoms with van der Waals surface area (Å²) in [6, 6.07) is 12.0. The molecule has 3 rings (SSSR count). The first-order chi connectivity index (χ1) is 12.3. The fourth-order valence-corrected chi connectivity index (χ4v) is 3.24. The number of non-ortho nitro benzene ring substituents is 1. The number of hydrogen-bond acceptors (Lipinski definition) is 4. The van der Waals surface area contributed by atoms with E-state index in [0.717, 1.165) is 11.1 Å². The third-order valence-electron chi connectivity index (χ3n) is 4.77. The molecule has 2 atom stereocenters. The van der Waals surface area contributed by atoms with Crippen molar-refractivity contribution in [3.63, 3.8) is 0 Å². The second-order valence-corrected chi connectivity index (χ2v) is 6.92. The average Bonchev–Trinajstić information content (AvgIpc) is 2.97. The minimum Gasteiger partial charge on any atom is -0.488 e. The highest BCUT2D eigenvalue weighted by Crippen LogP contribution is 2.27. The van der Waals surface area contributed by atoms with Crippen LogP contribution in [0.2, 0.25) is 0 Å². The summed E-state index contributed by atoms with van der Waals surface area (Å²) in [5, 5.41) is 10.9. The lowest BCUT2D eigenvalue weighted by Crippen LogP contribution is -2.31. The zero-order valence-electron chi connectivity index (χ0n) is 15.1. The molecule has 1 amide bonds. The van der Waals surface area contributed by atoms with Crippen molar-refractivity contribution in [1.29, 1.82) is 0 Å². The van der Waals surface area contributed by atoms with E-state index in [4.69, 9.17) is 4.74 Å². The second-order valence-electron chi connectivity index (χ2n) is 6.92. The first-order valence-corrected chi connectivity index (χ1v) is 8.63. The number of likely N-dealkylation sites (tertiary alicyclic amines) is 1. The number of ether oxygens (including phenoxy) is 1. The van der Waals surface area contributed by atoms with Gasteiger partial charge in [-0.15, -0.1) is 0 Å². The zero-order chi connectivity index (χ0) is 18.8. The molecule has 136 valence electrons. The maximum absolute atomic E-state index is 12.9. The molecule has 0 unspecified atom stereocenters. The van der Waals surface area contributed by atoms with Crippen molar-refractivity contribution in [2.45, 2.75) is 26.9 Å². The van der Waals surface area contributed by atoms with Gasteiger partial charge in [0.25, 0.3) is 11.6 Å². The molecular formula is C20H22N2O4. The Bertz CT molecular complexity index is 849. The van der Waals surface area contributed by atoms with Gasteiger partial charge in [0, 0.05) is 24.1 Å². The molecule has 1 aliphatic rings. The number of carbonyl (C=O) groups is 1. The smallest absolute Gasteiger partial charge is 0.273 e. The number of nitro groups is 1. The molecule has 0 aromatic heterocycles. The van der Waals surface area contributed by atoms with Gasteiger partial charge in [-0.05, 0) is 31.5 Å². The Morgan fingerprint density at radius 1 is 1.19 bits per heavy atom. The van der Waals surface area contributed by atoms with Gasteiger partial charge in [-0.25, -0.2) is 0 Å². The van der Waals surface area contributed by atoms with Crippen LogP contribution in [-0.2, 0) is 0 Å². The molecule has 1 saturated heterocycles. The number of rotatable bonds is 4. The Balaban J connectivity index is 1.73. The van der Waals surface area contributed by atoms with Crippen LogP contribution in [0.4, 0.5) is 5.69 Å². The van der Waals surface area contributed by atoms with Gasteiger partial charge in [0.1, 0.15) is 11.9 Å². The average molecular weight is 354 g/mol. The van der Waals surface area contributed by atoms with E-state index >= 15 is 0 Å². The van der Waals surface area contributed by atoms with Gasteiger partial charge in [-0.1, -0.05) is 30.7 Å². The maximum Gasteiger partial charge on any atom is 0.273 e. The lowest BCUT2D eigenvalue weighted by atomic mass is 10.0.